The fourth-order valence-electron chi connectivity index (χ4n) is 3.68. The predicted molar refractivity (Wildman–Crippen MR) is 107 cm³/mol. The van der Waals surface area contributed by atoms with Crippen molar-refractivity contribution in [3.63, 3.8) is 0 Å². The Morgan fingerprint density at radius 2 is 2.00 bits per heavy atom. The van der Waals surface area contributed by atoms with Crippen molar-refractivity contribution >= 4 is 23.4 Å². The van der Waals surface area contributed by atoms with Gasteiger partial charge >= 0.3 is 6.18 Å². The van der Waals surface area contributed by atoms with Gasteiger partial charge in [-0.1, -0.05) is 0 Å². The van der Waals surface area contributed by atoms with Gasteiger partial charge in [-0.3, -0.25) is 4.79 Å². The van der Waals surface area contributed by atoms with E-state index in [0.29, 0.717) is 35.7 Å². The molecule has 0 bridgehead atoms. The third-order valence-electron chi connectivity index (χ3n) is 5.06. The summed E-state index contributed by atoms with van der Waals surface area (Å²) in [5.74, 6) is 1.01. The van der Waals surface area contributed by atoms with Crippen LogP contribution in [-0.4, -0.2) is 23.4 Å². The minimum Gasteiger partial charge on any atom is -0.454 e. The molecule has 0 spiro atoms. The smallest absolute Gasteiger partial charge is 0.418 e. The zero-order chi connectivity index (χ0) is 22.0. The monoisotopic (exact) mass is 449 g/mol. The maximum atomic E-state index is 13.7. The molecular formula is C21H18F3N3O3S. The van der Waals surface area contributed by atoms with E-state index in [0.717, 1.165) is 18.2 Å². The van der Waals surface area contributed by atoms with E-state index in [1.165, 1.54) is 0 Å². The highest BCUT2D eigenvalue weighted by Crippen LogP contribution is 2.41. The molecule has 1 aliphatic heterocycles. The van der Waals surface area contributed by atoms with Crippen molar-refractivity contribution in [3.8, 4) is 17.6 Å². The van der Waals surface area contributed by atoms with Gasteiger partial charge in [0.1, 0.15) is 11.1 Å². The molecule has 0 saturated heterocycles. The predicted octanol–water partition coefficient (Wildman–Crippen LogP) is 4.70. The molecule has 0 unspecified atom stereocenters. The average Bonchev–Trinajstić information content (AvgIpc) is 3.19. The highest BCUT2D eigenvalue weighted by molar-refractivity contribution is 7.99. The molecule has 0 saturated carbocycles. The van der Waals surface area contributed by atoms with Crippen LogP contribution in [0.5, 0.6) is 11.5 Å². The van der Waals surface area contributed by atoms with E-state index in [4.69, 9.17) is 9.47 Å². The van der Waals surface area contributed by atoms with E-state index in [2.05, 4.69) is 10.3 Å². The molecule has 1 amide bonds. The standard InChI is InChI=1S/C21H18F3N3O3S/c22-21(23,24)19-13-3-1-2-4-15(13)27-20(14(19)10-25)31-8-7-18(28)26-12-5-6-16-17(9-12)30-11-29-16/h5-6,9H,1-4,7-8,11H2,(H,26,28). The number of benzene rings is 1. The maximum Gasteiger partial charge on any atom is 0.418 e. The van der Waals surface area contributed by atoms with E-state index in [1.54, 1.807) is 24.3 Å². The summed E-state index contributed by atoms with van der Waals surface area (Å²) >= 11 is 0.995. The highest BCUT2D eigenvalue weighted by Gasteiger charge is 2.39. The number of ether oxygens (including phenoxy) is 2. The Labute approximate surface area is 180 Å². The molecule has 1 aromatic heterocycles. The van der Waals surface area contributed by atoms with Crippen LogP contribution in [0, 0.1) is 11.3 Å². The molecule has 0 radical (unpaired) electrons. The fraction of sp³-hybridized carbons (Fsp3) is 0.381. The van der Waals surface area contributed by atoms with Gasteiger partial charge in [0.15, 0.2) is 11.5 Å². The molecule has 162 valence electrons. The molecule has 10 heteroatoms. The van der Waals surface area contributed by atoms with E-state index in [9.17, 15) is 23.2 Å². The Bertz CT molecular complexity index is 1070. The number of anilines is 1. The Morgan fingerprint density at radius 1 is 1.23 bits per heavy atom. The summed E-state index contributed by atoms with van der Waals surface area (Å²) in [6, 6.07) is 6.69. The summed E-state index contributed by atoms with van der Waals surface area (Å²) in [4.78, 5) is 16.6. The number of nitriles is 1. The first-order valence-electron chi connectivity index (χ1n) is 9.72. The summed E-state index contributed by atoms with van der Waals surface area (Å²) in [5.41, 5.74) is -0.241. The van der Waals surface area contributed by atoms with E-state index < -0.39 is 17.3 Å². The van der Waals surface area contributed by atoms with Crippen LogP contribution in [0.2, 0.25) is 0 Å². The Kier molecular flexibility index (Phi) is 5.96. The largest absolute Gasteiger partial charge is 0.454 e. The summed E-state index contributed by atoms with van der Waals surface area (Å²) in [7, 11) is 0. The molecule has 2 aliphatic rings. The number of hydrogen-bond acceptors (Lipinski definition) is 6. The lowest BCUT2D eigenvalue weighted by Gasteiger charge is -2.22. The molecule has 4 rings (SSSR count). The normalized spacial score (nSPS) is 14.6. The van der Waals surface area contributed by atoms with Crippen LogP contribution in [0.3, 0.4) is 0 Å². The van der Waals surface area contributed by atoms with Crippen molar-refractivity contribution in [2.75, 3.05) is 17.9 Å². The fourth-order valence-corrected chi connectivity index (χ4v) is 4.63. The lowest BCUT2D eigenvalue weighted by atomic mass is 9.90. The van der Waals surface area contributed by atoms with Gasteiger partial charge in [0.05, 0.1) is 11.1 Å². The minimum atomic E-state index is -4.62. The number of nitrogens with zero attached hydrogens (tertiary/aromatic N) is 2. The van der Waals surface area contributed by atoms with E-state index in [-0.39, 0.29) is 41.9 Å². The SMILES string of the molecule is N#Cc1c(SCCC(=O)Nc2ccc3c(c2)OCO3)nc2c(c1C(F)(F)F)CCCC2. The maximum absolute atomic E-state index is 13.7. The van der Waals surface area contributed by atoms with Crippen molar-refractivity contribution in [1.29, 1.82) is 5.26 Å². The molecule has 6 nitrogen and oxygen atoms in total. The summed E-state index contributed by atoms with van der Waals surface area (Å²) in [6.07, 6.45) is -2.43. The first kappa shape index (κ1) is 21.3. The number of halogens is 3. The second-order valence-corrected chi connectivity index (χ2v) is 8.21. The van der Waals surface area contributed by atoms with Gasteiger partial charge in [0, 0.05) is 29.6 Å². The zero-order valence-corrected chi connectivity index (χ0v) is 17.2. The Hall–Kier alpha value is -2.93. The quantitative estimate of drug-likeness (QED) is 0.666. The number of amides is 1. The van der Waals surface area contributed by atoms with Crippen molar-refractivity contribution < 1.29 is 27.4 Å². The van der Waals surface area contributed by atoms with Crippen molar-refractivity contribution in [2.24, 2.45) is 0 Å². The van der Waals surface area contributed by atoms with Crippen LogP contribution in [-0.2, 0) is 23.8 Å². The van der Waals surface area contributed by atoms with E-state index in [1.807, 2.05) is 0 Å². The lowest BCUT2D eigenvalue weighted by molar-refractivity contribution is -0.138. The third-order valence-corrected chi connectivity index (χ3v) is 6.04. The van der Waals surface area contributed by atoms with Crippen LogP contribution in [0.4, 0.5) is 18.9 Å². The van der Waals surface area contributed by atoms with Crippen LogP contribution in [0.15, 0.2) is 23.2 Å². The number of alkyl halides is 3. The van der Waals surface area contributed by atoms with Crippen LogP contribution >= 0.6 is 11.8 Å². The average molecular weight is 449 g/mol. The van der Waals surface area contributed by atoms with Gasteiger partial charge < -0.3 is 14.8 Å². The van der Waals surface area contributed by atoms with Crippen LogP contribution in [0.25, 0.3) is 0 Å². The topological polar surface area (TPSA) is 84.2 Å². The number of aryl methyl sites for hydroxylation is 1. The molecular weight excluding hydrogens is 431 g/mol. The first-order valence-corrected chi connectivity index (χ1v) is 10.7. The number of thioether (sulfide) groups is 1. The lowest BCUT2D eigenvalue weighted by Crippen LogP contribution is -2.19. The van der Waals surface area contributed by atoms with Crippen molar-refractivity contribution in [2.45, 2.75) is 43.3 Å². The van der Waals surface area contributed by atoms with Gasteiger partial charge in [-0.25, -0.2) is 4.98 Å². The molecule has 2 aromatic rings. The first-order chi connectivity index (χ1) is 14.9. The minimum absolute atomic E-state index is 0.0337. The number of aromatic nitrogens is 1. The van der Waals surface area contributed by atoms with Crippen molar-refractivity contribution in [3.05, 3.63) is 40.6 Å². The third kappa shape index (κ3) is 4.56. The summed E-state index contributed by atoms with van der Waals surface area (Å²) in [6.45, 7) is 0.123. The van der Waals surface area contributed by atoms with Crippen LogP contribution < -0.4 is 14.8 Å². The molecule has 1 aromatic carbocycles. The van der Waals surface area contributed by atoms with E-state index >= 15 is 0 Å². The Balaban J connectivity index is 1.46. The number of nitrogens with one attached hydrogen (secondary N) is 1. The molecule has 0 atom stereocenters. The molecule has 1 aliphatic carbocycles. The number of carbonyl (C=O) groups is 1. The Morgan fingerprint density at radius 3 is 2.77 bits per heavy atom. The van der Waals surface area contributed by atoms with Gasteiger partial charge in [0.25, 0.3) is 0 Å². The second kappa shape index (κ2) is 8.67. The molecule has 1 N–H and O–H groups in total. The molecule has 31 heavy (non-hydrogen) atoms. The number of hydrogen-bond donors (Lipinski definition) is 1. The van der Waals surface area contributed by atoms with Gasteiger partial charge in [-0.2, -0.15) is 18.4 Å². The van der Waals surface area contributed by atoms with Gasteiger partial charge in [-0.05, 0) is 43.4 Å². The summed E-state index contributed by atoms with van der Waals surface area (Å²) in [5, 5.41) is 12.2. The van der Waals surface area contributed by atoms with Gasteiger partial charge in [0.2, 0.25) is 12.7 Å². The second-order valence-electron chi connectivity index (χ2n) is 7.12. The highest BCUT2D eigenvalue weighted by atomic mass is 32.2. The zero-order valence-electron chi connectivity index (χ0n) is 16.3. The number of rotatable bonds is 5. The van der Waals surface area contributed by atoms with Crippen molar-refractivity contribution in [1.82, 2.24) is 4.98 Å². The molecule has 2 heterocycles. The van der Waals surface area contributed by atoms with Crippen LogP contribution in [0.1, 0.15) is 41.6 Å². The molecule has 0 fully saturated rings. The number of carbonyl (C=O) groups excluding carboxylic acids is 1. The van der Waals surface area contributed by atoms with Gasteiger partial charge in [-0.15, -0.1) is 11.8 Å². The number of pyridine rings is 1. The summed E-state index contributed by atoms with van der Waals surface area (Å²) < 4.78 is 51.6. The number of fused-ring (bicyclic) bond motifs is 2.